The van der Waals surface area contributed by atoms with Crippen LogP contribution in [0.4, 0.5) is 0 Å². The summed E-state index contributed by atoms with van der Waals surface area (Å²) in [5.74, 6) is 0.318. The molecule has 1 aromatic rings. The number of hydrogen-bond acceptors (Lipinski definition) is 3. The summed E-state index contributed by atoms with van der Waals surface area (Å²) in [4.78, 5) is 16.9. The number of piperazine rings is 1. The van der Waals surface area contributed by atoms with Gasteiger partial charge in [0, 0.05) is 45.2 Å². The first kappa shape index (κ1) is 16.5. The predicted octanol–water partition coefficient (Wildman–Crippen LogP) is 2.26. The third kappa shape index (κ3) is 3.75. The van der Waals surface area contributed by atoms with Gasteiger partial charge in [0.15, 0.2) is 0 Å². The maximum atomic E-state index is 12.4. The average molecular weight is 315 g/mol. The molecule has 126 valence electrons. The zero-order valence-electron chi connectivity index (χ0n) is 14.5. The molecule has 0 radical (unpaired) electrons. The van der Waals surface area contributed by atoms with Gasteiger partial charge < -0.3 is 10.2 Å². The third-order valence-electron chi connectivity index (χ3n) is 5.45. The number of nitrogens with zero attached hydrogens (tertiary/aromatic N) is 2. The van der Waals surface area contributed by atoms with Gasteiger partial charge in [-0.15, -0.1) is 0 Å². The Morgan fingerprint density at radius 1 is 1.22 bits per heavy atom. The lowest BCUT2D eigenvalue weighted by Gasteiger charge is -2.30. The molecule has 0 bridgehead atoms. The molecule has 1 aromatic carbocycles. The number of amides is 1. The highest BCUT2D eigenvalue weighted by Gasteiger charge is 2.28. The van der Waals surface area contributed by atoms with Gasteiger partial charge in [0.25, 0.3) is 0 Å². The van der Waals surface area contributed by atoms with Crippen LogP contribution < -0.4 is 5.32 Å². The second-order valence-electron chi connectivity index (χ2n) is 6.86. The van der Waals surface area contributed by atoms with Crippen LogP contribution in [0, 0.1) is 13.8 Å². The summed E-state index contributed by atoms with van der Waals surface area (Å²) in [5.41, 5.74) is 4.24. The number of rotatable bonds is 4. The Kier molecular flexibility index (Phi) is 5.34. The van der Waals surface area contributed by atoms with Crippen molar-refractivity contribution in [3.8, 4) is 0 Å². The van der Waals surface area contributed by atoms with Crippen LogP contribution in [0.2, 0.25) is 0 Å². The summed E-state index contributed by atoms with van der Waals surface area (Å²) < 4.78 is 0. The molecule has 4 heteroatoms. The lowest BCUT2D eigenvalue weighted by atomic mass is 9.96. The maximum absolute atomic E-state index is 12.4. The van der Waals surface area contributed by atoms with Crippen molar-refractivity contribution in [3.05, 3.63) is 34.9 Å². The van der Waals surface area contributed by atoms with E-state index in [4.69, 9.17) is 0 Å². The molecular formula is C19H29N3O. The van der Waals surface area contributed by atoms with Crippen molar-refractivity contribution in [2.45, 2.75) is 39.2 Å². The van der Waals surface area contributed by atoms with Crippen molar-refractivity contribution in [3.63, 3.8) is 0 Å². The zero-order valence-corrected chi connectivity index (χ0v) is 14.5. The molecule has 1 N–H and O–H groups in total. The number of likely N-dealkylation sites (tertiary alicyclic amines) is 1. The van der Waals surface area contributed by atoms with E-state index in [-0.39, 0.29) is 0 Å². The fourth-order valence-corrected chi connectivity index (χ4v) is 3.89. The number of benzene rings is 1. The van der Waals surface area contributed by atoms with Crippen LogP contribution in [-0.2, 0) is 4.79 Å². The second-order valence-corrected chi connectivity index (χ2v) is 6.86. The van der Waals surface area contributed by atoms with Gasteiger partial charge in [0.05, 0.1) is 0 Å². The summed E-state index contributed by atoms with van der Waals surface area (Å²) in [6.45, 7) is 10.0. The number of nitrogens with one attached hydrogen (secondary N) is 1. The van der Waals surface area contributed by atoms with Crippen LogP contribution in [0.5, 0.6) is 0 Å². The number of hydrogen-bond donors (Lipinski definition) is 1. The van der Waals surface area contributed by atoms with E-state index in [9.17, 15) is 4.79 Å². The monoisotopic (exact) mass is 315 g/mol. The number of carbonyl (C=O) groups excluding carboxylic acids is 1. The Balaban J connectivity index is 1.61. The zero-order chi connectivity index (χ0) is 16.2. The highest BCUT2D eigenvalue weighted by atomic mass is 16.2. The standard InChI is InChI=1S/C19H29N3O/c1-15-5-3-6-17(16(15)2)18-7-4-11-21(18)12-8-19(23)22-13-9-20-10-14-22/h3,5-6,18,20H,4,7-14H2,1-2H3. The minimum Gasteiger partial charge on any atom is -0.340 e. The molecule has 1 unspecified atom stereocenters. The molecule has 2 saturated heterocycles. The summed E-state index contributed by atoms with van der Waals surface area (Å²) in [5, 5.41) is 3.30. The molecular weight excluding hydrogens is 286 g/mol. The summed E-state index contributed by atoms with van der Waals surface area (Å²) in [6, 6.07) is 7.11. The molecule has 23 heavy (non-hydrogen) atoms. The smallest absolute Gasteiger partial charge is 0.223 e. The van der Waals surface area contributed by atoms with Crippen molar-refractivity contribution in [2.75, 3.05) is 39.3 Å². The average Bonchev–Trinajstić information content (AvgIpc) is 3.04. The van der Waals surface area contributed by atoms with Gasteiger partial charge in [-0.3, -0.25) is 9.69 Å². The van der Waals surface area contributed by atoms with Gasteiger partial charge in [-0.2, -0.15) is 0 Å². The molecule has 2 aliphatic heterocycles. The van der Waals surface area contributed by atoms with Crippen molar-refractivity contribution in [1.82, 2.24) is 15.1 Å². The Morgan fingerprint density at radius 2 is 2.00 bits per heavy atom. The highest BCUT2D eigenvalue weighted by molar-refractivity contribution is 5.76. The molecule has 0 saturated carbocycles. The minimum absolute atomic E-state index is 0.318. The summed E-state index contributed by atoms with van der Waals surface area (Å²) in [7, 11) is 0. The van der Waals surface area contributed by atoms with Crippen molar-refractivity contribution in [2.24, 2.45) is 0 Å². The van der Waals surface area contributed by atoms with E-state index in [1.54, 1.807) is 0 Å². The predicted molar refractivity (Wildman–Crippen MR) is 93.5 cm³/mol. The SMILES string of the molecule is Cc1cccc(C2CCCN2CCC(=O)N2CCNCC2)c1C. The Morgan fingerprint density at radius 3 is 2.78 bits per heavy atom. The normalized spacial score (nSPS) is 22.5. The fraction of sp³-hybridized carbons (Fsp3) is 0.632. The third-order valence-corrected chi connectivity index (χ3v) is 5.45. The van der Waals surface area contributed by atoms with Gasteiger partial charge in [0.1, 0.15) is 0 Å². The van der Waals surface area contributed by atoms with Gasteiger partial charge in [-0.05, 0) is 49.9 Å². The number of carbonyl (C=O) groups is 1. The summed E-state index contributed by atoms with van der Waals surface area (Å²) in [6.07, 6.45) is 3.10. The van der Waals surface area contributed by atoms with Crippen LogP contribution in [0.15, 0.2) is 18.2 Å². The first-order chi connectivity index (χ1) is 11.2. The summed E-state index contributed by atoms with van der Waals surface area (Å²) >= 11 is 0. The molecule has 0 spiro atoms. The van der Waals surface area contributed by atoms with Crippen molar-refractivity contribution in [1.29, 1.82) is 0 Å². The van der Waals surface area contributed by atoms with E-state index < -0.39 is 0 Å². The van der Waals surface area contributed by atoms with Gasteiger partial charge in [-0.1, -0.05) is 18.2 Å². The van der Waals surface area contributed by atoms with Crippen LogP contribution in [-0.4, -0.2) is 55.0 Å². The first-order valence-corrected chi connectivity index (χ1v) is 8.95. The second kappa shape index (κ2) is 7.45. The number of aryl methyl sites for hydroxylation is 1. The lowest BCUT2D eigenvalue weighted by molar-refractivity contribution is -0.132. The van der Waals surface area contributed by atoms with E-state index in [0.717, 1.165) is 39.3 Å². The Labute approximate surface area is 139 Å². The van der Waals surface area contributed by atoms with E-state index >= 15 is 0 Å². The quantitative estimate of drug-likeness (QED) is 0.926. The van der Waals surface area contributed by atoms with Gasteiger partial charge in [-0.25, -0.2) is 0 Å². The van der Waals surface area contributed by atoms with E-state index in [0.29, 0.717) is 18.4 Å². The minimum atomic E-state index is 0.318. The molecule has 0 aromatic heterocycles. The fourth-order valence-electron chi connectivity index (χ4n) is 3.89. The first-order valence-electron chi connectivity index (χ1n) is 8.95. The van der Waals surface area contributed by atoms with Gasteiger partial charge >= 0.3 is 0 Å². The van der Waals surface area contributed by atoms with Crippen molar-refractivity contribution >= 4 is 5.91 Å². The molecule has 1 atom stereocenters. The molecule has 2 aliphatic rings. The van der Waals surface area contributed by atoms with Crippen LogP contribution >= 0.6 is 0 Å². The van der Waals surface area contributed by atoms with E-state index in [1.165, 1.54) is 29.5 Å². The van der Waals surface area contributed by atoms with Crippen LogP contribution in [0.25, 0.3) is 0 Å². The molecule has 2 heterocycles. The molecule has 4 nitrogen and oxygen atoms in total. The highest BCUT2D eigenvalue weighted by Crippen LogP contribution is 2.34. The largest absolute Gasteiger partial charge is 0.340 e. The van der Waals surface area contributed by atoms with E-state index in [2.05, 4.69) is 42.3 Å². The Hall–Kier alpha value is -1.39. The Bertz CT molecular complexity index is 552. The topological polar surface area (TPSA) is 35.6 Å². The maximum Gasteiger partial charge on any atom is 0.223 e. The van der Waals surface area contributed by atoms with Crippen molar-refractivity contribution < 1.29 is 4.79 Å². The lowest BCUT2D eigenvalue weighted by Crippen LogP contribution is -2.47. The van der Waals surface area contributed by atoms with Gasteiger partial charge in [0.2, 0.25) is 5.91 Å². The molecule has 2 fully saturated rings. The van der Waals surface area contributed by atoms with E-state index in [1.807, 2.05) is 4.90 Å². The molecule has 3 rings (SSSR count). The molecule has 0 aliphatic carbocycles. The van der Waals surface area contributed by atoms with Crippen LogP contribution in [0.3, 0.4) is 0 Å². The van der Waals surface area contributed by atoms with Crippen LogP contribution in [0.1, 0.15) is 42.0 Å². The molecule has 1 amide bonds.